The van der Waals surface area contributed by atoms with Crippen LogP contribution in [0.25, 0.3) is 0 Å². The molecule has 1 aromatic rings. The van der Waals surface area contributed by atoms with Gasteiger partial charge in [-0.15, -0.1) is 0 Å². The molecule has 4 nitrogen and oxygen atoms in total. The largest absolute Gasteiger partial charge is 0.475 e. The monoisotopic (exact) mass is 217 g/mol. The molecule has 0 saturated heterocycles. The van der Waals surface area contributed by atoms with E-state index in [1.807, 2.05) is 20.9 Å². The van der Waals surface area contributed by atoms with E-state index in [0.717, 1.165) is 5.69 Å². The van der Waals surface area contributed by atoms with E-state index in [1.54, 1.807) is 4.68 Å². The molecule has 0 bridgehead atoms. The summed E-state index contributed by atoms with van der Waals surface area (Å²) in [5.74, 6) is 0.893. The van der Waals surface area contributed by atoms with Gasteiger partial charge in [0.25, 0.3) is 0 Å². The number of aromatic nitrogens is 2. The Bertz CT molecular complexity index is 309. The molecule has 0 aliphatic rings. The zero-order chi connectivity index (χ0) is 10.7. The van der Waals surface area contributed by atoms with Crippen LogP contribution in [0.2, 0.25) is 5.02 Å². The van der Waals surface area contributed by atoms with Gasteiger partial charge in [-0.3, -0.25) is 0 Å². The van der Waals surface area contributed by atoms with Gasteiger partial charge in [0.1, 0.15) is 11.6 Å². The SMILES string of the molecule is CC(C)c1nn(C)c(OCCN)c1Cl. The first-order valence-corrected chi connectivity index (χ1v) is 5.01. The molecule has 1 aromatic heterocycles. The molecule has 1 rings (SSSR count). The average molecular weight is 218 g/mol. The van der Waals surface area contributed by atoms with E-state index < -0.39 is 0 Å². The molecule has 0 unspecified atom stereocenters. The predicted octanol–water partition coefficient (Wildman–Crippen LogP) is 1.53. The van der Waals surface area contributed by atoms with Crippen molar-refractivity contribution in [2.24, 2.45) is 12.8 Å². The maximum Gasteiger partial charge on any atom is 0.231 e. The van der Waals surface area contributed by atoms with Crippen LogP contribution in [0.1, 0.15) is 25.5 Å². The number of hydrogen-bond donors (Lipinski definition) is 1. The van der Waals surface area contributed by atoms with Crippen molar-refractivity contribution in [2.75, 3.05) is 13.2 Å². The Morgan fingerprint density at radius 1 is 1.57 bits per heavy atom. The zero-order valence-corrected chi connectivity index (χ0v) is 9.51. The minimum absolute atomic E-state index is 0.295. The number of nitrogens with zero attached hydrogens (tertiary/aromatic N) is 2. The van der Waals surface area contributed by atoms with E-state index >= 15 is 0 Å². The summed E-state index contributed by atoms with van der Waals surface area (Å²) in [6, 6.07) is 0. The second kappa shape index (κ2) is 4.66. The van der Waals surface area contributed by atoms with E-state index in [0.29, 0.717) is 30.0 Å². The molecule has 0 saturated carbocycles. The maximum absolute atomic E-state index is 6.11. The molecule has 0 atom stereocenters. The number of ether oxygens (including phenoxy) is 1. The van der Waals surface area contributed by atoms with Gasteiger partial charge in [0.05, 0.1) is 5.69 Å². The molecule has 0 aliphatic carbocycles. The predicted molar refractivity (Wildman–Crippen MR) is 56.9 cm³/mol. The van der Waals surface area contributed by atoms with Gasteiger partial charge in [0, 0.05) is 13.6 Å². The van der Waals surface area contributed by atoms with Gasteiger partial charge in [-0.1, -0.05) is 25.4 Å². The van der Waals surface area contributed by atoms with Crippen molar-refractivity contribution in [3.63, 3.8) is 0 Å². The molecular formula is C9H16ClN3O. The minimum Gasteiger partial charge on any atom is -0.475 e. The normalized spacial score (nSPS) is 11.0. The molecule has 1 heterocycles. The van der Waals surface area contributed by atoms with Gasteiger partial charge in [0.2, 0.25) is 5.88 Å². The van der Waals surface area contributed by atoms with E-state index in [9.17, 15) is 0 Å². The summed E-state index contributed by atoms with van der Waals surface area (Å²) >= 11 is 6.11. The average Bonchev–Trinajstić information content (AvgIpc) is 2.40. The zero-order valence-electron chi connectivity index (χ0n) is 8.75. The van der Waals surface area contributed by atoms with Crippen LogP contribution in [0.4, 0.5) is 0 Å². The lowest BCUT2D eigenvalue weighted by Crippen LogP contribution is -2.12. The van der Waals surface area contributed by atoms with Crippen molar-refractivity contribution in [1.29, 1.82) is 0 Å². The molecule has 0 aliphatic heterocycles. The number of aryl methyl sites for hydroxylation is 1. The summed E-state index contributed by atoms with van der Waals surface area (Å²) < 4.78 is 7.04. The standard InChI is InChI=1S/C9H16ClN3O/c1-6(2)8-7(10)9(13(3)12-8)14-5-4-11/h6H,4-5,11H2,1-3H3. The van der Waals surface area contributed by atoms with Crippen LogP contribution >= 0.6 is 11.6 Å². The van der Waals surface area contributed by atoms with Crippen LogP contribution in [0.3, 0.4) is 0 Å². The molecule has 2 N–H and O–H groups in total. The lowest BCUT2D eigenvalue weighted by atomic mass is 10.1. The summed E-state index contributed by atoms with van der Waals surface area (Å²) in [6.07, 6.45) is 0. The molecule has 0 spiro atoms. The number of halogens is 1. The van der Waals surface area contributed by atoms with Crippen LogP contribution in [-0.4, -0.2) is 22.9 Å². The van der Waals surface area contributed by atoms with Crippen molar-refractivity contribution in [3.8, 4) is 5.88 Å². The number of nitrogens with two attached hydrogens (primary N) is 1. The van der Waals surface area contributed by atoms with Crippen LogP contribution in [0, 0.1) is 0 Å². The Hall–Kier alpha value is -0.740. The molecule has 14 heavy (non-hydrogen) atoms. The highest BCUT2D eigenvalue weighted by atomic mass is 35.5. The Kier molecular flexibility index (Phi) is 3.77. The topological polar surface area (TPSA) is 53.1 Å². The van der Waals surface area contributed by atoms with Crippen LogP contribution in [-0.2, 0) is 7.05 Å². The molecule has 0 fully saturated rings. The molecule has 0 radical (unpaired) electrons. The van der Waals surface area contributed by atoms with Crippen molar-refractivity contribution in [3.05, 3.63) is 10.7 Å². The minimum atomic E-state index is 0.295. The molecular weight excluding hydrogens is 202 g/mol. The quantitative estimate of drug-likeness (QED) is 0.833. The third kappa shape index (κ3) is 2.19. The maximum atomic E-state index is 6.11. The summed E-state index contributed by atoms with van der Waals surface area (Å²) in [5, 5.41) is 4.87. The molecule has 5 heteroatoms. The Morgan fingerprint density at radius 2 is 2.21 bits per heavy atom. The van der Waals surface area contributed by atoms with Crippen molar-refractivity contribution >= 4 is 11.6 Å². The highest BCUT2D eigenvalue weighted by Crippen LogP contribution is 2.31. The summed E-state index contributed by atoms with van der Waals surface area (Å²) in [6.45, 7) is 5.01. The van der Waals surface area contributed by atoms with Gasteiger partial charge in [-0.25, -0.2) is 4.68 Å². The lowest BCUT2D eigenvalue weighted by molar-refractivity contribution is 0.299. The lowest BCUT2D eigenvalue weighted by Gasteiger charge is -2.04. The van der Waals surface area contributed by atoms with E-state index in [1.165, 1.54) is 0 Å². The number of hydrogen-bond acceptors (Lipinski definition) is 3. The third-order valence-corrected chi connectivity index (χ3v) is 2.22. The Morgan fingerprint density at radius 3 is 2.64 bits per heavy atom. The fourth-order valence-corrected chi connectivity index (χ4v) is 1.62. The molecule has 80 valence electrons. The summed E-state index contributed by atoms with van der Waals surface area (Å²) in [4.78, 5) is 0. The molecule has 0 amide bonds. The third-order valence-electron chi connectivity index (χ3n) is 1.87. The van der Waals surface area contributed by atoms with E-state index in [-0.39, 0.29) is 0 Å². The van der Waals surface area contributed by atoms with Crippen molar-refractivity contribution in [1.82, 2.24) is 9.78 Å². The first-order chi connectivity index (χ1) is 6.57. The van der Waals surface area contributed by atoms with Gasteiger partial charge < -0.3 is 10.5 Å². The summed E-state index contributed by atoms with van der Waals surface area (Å²) in [5.41, 5.74) is 6.21. The van der Waals surface area contributed by atoms with Crippen LogP contribution in [0.5, 0.6) is 5.88 Å². The molecule has 0 aromatic carbocycles. The summed E-state index contributed by atoms with van der Waals surface area (Å²) in [7, 11) is 1.81. The van der Waals surface area contributed by atoms with Crippen molar-refractivity contribution < 1.29 is 4.74 Å². The number of rotatable bonds is 4. The fraction of sp³-hybridized carbons (Fsp3) is 0.667. The first kappa shape index (κ1) is 11.3. The highest BCUT2D eigenvalue weighted by molar-refractivity contribution is 6.32. The smallest absolute Gasteiger partial charge is 0.231 e. The fourth-order valence-electron chi connectivity index (χ4n) is 1.18. The Labute approximate surface area is 89.0 Å². The second-order valence-electron chi connectivity index (χ2n) is 3.42. The highest BCUT2D eigenvalue weighted by Gasteiger charge is 2.17. The Balaban J connectivity index is 2.93. The van der Waals surface area contributed by atoms with E-state index in [4.69, 9.17) is 22.1 Å². The van der Waals surface area contributed by atoms with E-state index in [2.05, 4.69) is 5.10 Å². The second-order valence-corrected chi connectivity index (χ2v) is 3.80. The van der Waals surface area contributed by atoms with Gasteiger partial charge in [-0.05, 0) is 5.92 Å². The van der Waals surface area contributed by atoms with Gasteiger partial charge in [0.15, 0.2) is 0 Å². The first-order valence-electron chi connectivity index (χ1n) is 4.63. The van der Waals surface area contributed by atoms with Crippen LogP contribution < -0.4 is 10.5 Å². The van der Waals surface area contributed by atoms with Gasteiger partial charge in [-0.2, -0.15) is 5.10 Å². The van der Waals surface area contributed by atoms with Crippen LogP contribution in [0.15, 0.2) is 0 Å². The van der Waals surface area contributed by atoms with Crippen molar-refractivity contribution in [2.45, 2.75) is 19.8 Å². The van der Waals surface area contributed by atoms with Gasteiger partial charge >= 0.3 is 0 Å².